The Kier molecular flexibility index (Phi) is 5.88. The molecule has 0 N–H and O–H groups in total. The Morgan fingerprint density at radius 3 is 2.36 bits per heavy atom. The lowest BCUT2D eigenvalue weighted by Crippen LogP contribution is -2.37. The summed E-state index contributed by atoms with van der Waals surface area (Å²) in [5.41, 5.74) is 0.365. The molecular weight excluding hydrogens is 376 g/mol. The highest BCUT2D eigenvalue weighted by Crippen LogP contribution is 2.28. The van der Waals surface area contributed by atoms with E-state index in [1.807, 2.05) is 24.3 Å². The zero-order valence-electron chi connectivity index (χ0n) is 16.7. The number of nitrogens with zero attached hydrogens (tertiary/aromatic N) is 4. The molecule has 0 bridgehead atoms. The normalized spacial score (nSPS) is 11.4. The maximum Gasteiger partial charge on any atom is 0.332 e. The van der Waals surface area contributed by atoms with Gasteiger partial charge in [0.2, 0.25) is 0 Å². The van der Waals surface area contributed by atoms with Crippen molar-refractivity contribution in [3.05, 3.63) is 45.1 Å². The van der Waals surface area contributed by atoms with Crippen molar-refractivity contribution in [1.29, 1.82) is 0 Å². The summed E-state index contributed by atoms with van der Waals surface area (Å²) in [6, 6.07) is 7.39. The van der Waals surface area contributed by atoms with Crippen LogP contribution >= 0.6 is 11.8 Å². The van der Waals surface area contributed by atoms with Crippen LogP contribution in [0.25, 0.3) is 22.4 Å². The number of ether oxygens (including phenoxy) is 1. The molecule has 148 valence electrons. The summed E-state index contributed by atoms with van der Waals surface area (Å²) in [7, 11) is 4.71. The van der Waals surface area contributed by atoms with Crippen LogP contribution in [0.4, 0.5) is 0 Å². The van der Waals surface area contributed by atoms with Gasteiger partial charge >= 0.3 is 5.69 Å². The summed E-state index contributed by atoms with van der Waals surface area (Å²) >= 11 is 1.53. The molecule has 2 heterocycles. The number of aryl methyl sites for hydroxylation is 1. The first kappa shape index (κ1) is 20.1. The van der Waals surface area contributed by atoms with Gasteiger partial charge < -0.3 is 4.74 Å². The summed E-state index contributed by atoms with van der Waals surface area (Å²) in [5, 5.41) is 0.989. The SMILES string of the molecule is COc1ccc(-c2nc(SCCC(C)C)c3c(=O)n(C)c(=O)n(C)c3n2)cc1. The van der Waals surface area contributed by atoms with Gasteiger partial charge in [0.1, 0.15) is 16.2 Å². The molecule has 0 saturated carbocycles. The van der Waals surface area contributed by atoms with Gasteiger partial charge in [0.25, 0.3) is 5.56 Å². The third-order valence-electron chi connectivity index (χ3n) is 4.55. The fourth-order valence-corrected chi connectivity index (χ4v) is 4.05. The van der Waals surface area contributed by atoms with Crippen molar-refractivity contribution in [3.63, 3.8) is 0 Å². The molecule has 7 nitrogen and oxygen atoms in total. The Hall–Kier alpha value is -2.61. The highest BCUT2D eigenvalue weighted by Gasteiger charge is 2.18. The first-order chi connectivity index (χ1) is 13.3. The topological polar surface area (TPSA) is 79.0 Å². The Morgan fingerprint density at radius 1 is 1.07 bits per heavy atom. The second-order valence-electron chi connectivity index (χ2n) is 7.02. The smallest absolute Gasteiger partial charge is 0.332 e. The van der Waals surface area contributed by atoms with Crippen molar-refractivity contribution in [3.8, 4) is 17.1 Å². The first-order valence-electron chi connectivity index (χ1n) is 9.08. The average Bonchev–Trinajstić information content (AvgIpc) is 2.70. The van der Waals surface area contributed by atoms with Crippen LogP contribution in [-0.2, 0) is 14.1 Å². The Morgan fingerprint density at radius 2 is 1.75 bits per heavy atom. The standard InChI is InChI=1S/C20H24N4O3S/c1-12(2)10-11-28-18-15-17(23(3)20(26)24(4)19(15)25)21-16(22-18)13-6-8-14(27-5)9-7-13/h6-9,12H,10-11H2,1-5H3. The molecule has 1 aromatic carbocycles. The van der Waals surface area contributed by atoms with Crippen LogP contribution in [0, 0.1) is 5.92 Å². The number of benzene rings is 1. The molecule has 0 fully saturated rings. The minimum Gasteiger partial charge on any atom is -0.497 e. The van der Waals surface area contributed by atoms with E-state index < -0.39 is 5.69 Å². The maximum atomic E-state index is 12.8. The number of methoxy groups -OCH3 is 1. The summed E-state index contributed by atoms with van der Waals surface area (Å²) in [6.45, 7) is 4.31. The molecule has 8 heteroatoms. The van der Waals surface area contributed by atoms with E-state index in [9.17, 15) is 9.59 Å². The second kappa shape index (κ2) is 8.18. The maximum absolute atomic E-state index is 12.8. The second-order valence-corrected chi connectivity index (χ2v) is 8.10. The zero-order valence-corrected chi connectivity index (χ0v) is 17.5. The third-order valence-corrected chi connectivity index (χ3v) is 5.56. The van der Waals surface area contributed by atoms with Crippen molar-refractivity contribution >= 4 is 22.8 Å². The molecule has 0 saturated heterocycles. The van der Waals surface area contributed by atoms with Gasteiger partial charge in [0.15, 0.2) is 11.5 Å². The highest BCUT2D eigenvalue weighted by atomic mass is 32.2. The lowest BCUT2D eigenvalue weighted by Gasteiger charge is -2.12. The van der Waals surface area contributed by atoms with Crippen molar-refractivity contribution in [1.82, 2.24) is 19.1 Å². The van der Waals surface area contributed by atoms with Gasteiger partial charge in [-0.05, 0) is 42.4 Å². The van der Waals surface area contributed by atoms with E-state index in [-0.39, 0.29) is 5.56 Å². The van der Waals surface area contributed by atoms with Crippen LogP contribution in [0.1, 0.15) is 20.3 Å². The van der Waals surface area contributed by atoms with E-state index in [0.29, 0.717) is 27.8 Å². The Labute approximate surface area is 167 Å². The largest absolute Gasteiger partial charge is 0.497 e. The molecule has 0 aliphatic carbocycles. The van der Waals surface area contributed by atoms with Gasteiger partial charge in [0.05, 0.1) is 7.11 Å². The van der Waals surface area contributed by atoms with Gasteiger partial charge in [0, 0.05) is 19.7 Å². The van der Waals surface area contributed by atoms with Gasteiger partial charge in [-0.3, -0.25) is 13.9 Å². The van der Waals surface area contributed by atoms with Crippen LogP contribution in [-0.4, -0.2) is 32.0 Å². The number of rotatable bonds is 6. The number of fused-ring (bicyclic) bond motifs is 1. The molecule has 3 rings (SSSR count). The zero-order chi connectivity index (χ0) is 20.4. The summed E-state index contributed by atoms with van der Waals surface area (Å²) < 4.78 is 7.71. The average molecular weight is 401 g/mol. The summed E-state index contributed by atoms with van der Waals surface area (Å²) in [5.74, 6) is 2.59. The predicted molar refractivity (Wildman–Crippen MR) is 112 cm³/mol. The molecule has 0 radical (unpaired) electrons. The quantitative estimate of drug-likeness (QED) is 0.468. The van der Waals surface area contributed by atoms with Gasteiger partial charge in [-0.2, -0.15) is 0 Å². The van der Waals surface area contributed by atoms with Gasteiger partial charge in [-0.15, -0.1) is 11.8 Å². The number of aromatic nitrogens is 4. The van der Waals surface area contributed by atoms with Crippen molar-refractivity contribution in [2.24, 2.45) is 20.0 Å². The number of hydrogen-bond donors (Lipinski definition) is 0. The fourth-order valence-electron chi connectivity index (χ4n) is 2.79. The van der Waals surface area contributed by atoms with E-state index in [4.69, 9.17) is 4.74 Å². The van der Waals surface area contributed by atoms with Crippen LogP contribution in [0.3, 0.4) is 0 Å². The van der Waals surface area contributed by atoms with Crippen molar-refractivity contribution < 1.29 is 4.74 Å². The summed E-state index contributed by atoms with van der Waals surface area (Å²) in [4.78, 5) is 34.4. The van der Waals surface area contributed by atoms with E-state index >= 15 is 0 Å². The van der Waals surface area contributed by atoms with Crippen LogP contribution in [0.2, 0.25) is 0 Å². The minimum atomic E-state index is -0.407. The van der Waals surface area contributed by atoms with E-state index in [2.05, 4.69) is 23.8 Å². The lowest BCUT2D eigenvalue weighted by atomic mass is 10.2. The Bertz CT molecular complexity index is 1120. The van der Waals surface area contributed by atoms with Crippen molar-refractivity contribution in [2.45, 2.75) is 25.3 Å². The van der Waals surface area contributed by atoms with Gasteiger partial charge in [-0.1, -0.05) is 13.8 Å². The molecular formula is C20H24N4O3S. The molecule has 28 heavy (non-hydrogen) atoms. The molecule has 0 atom stereocenters. The van der Waals surface area contributed by atoms with Crippen LogP contribution in [0.5, 0.6) is 5.75 Å². The molecule has 0 aliphatic heterocycles. The molecule has 0 spiro atoms. The van der Waals surface area contributed by atoms with Gasteiger partial charge in [-0.25, -0.2) is 14.8 Å². The lowest BCUT2D eigenvalue weighted by molar-refractivity contribution is 0.415. The monoisotopic (exact) mass is 400 g/mol. The fraction of sp³-hybridized carbons (Fsp3) is 0.400. The van der Waals surface area contributed by atoms with Crippen LogP contribution < -0.4 is 16.0 Å². The predicted octanol–water partition coefficient (Wildman–Crippen LogP) is 2.84. The molecule has 3 aromatic rings. The highest BCUT2D eigenvalue weighted by molar-refractivity contribution is 7.99. The van der Waals surface area contributed by atoms with Crippen LogP contribution in [0.15, 0.2) is 38.9 Å². The molecule has 0 unspecified atom stereocenters. The molecule has 0 amide bonds. The van der Waals surface area contributed by atoms with E-state index in [0.717, 1.165) is 28.1 Å². The first-order valence-corrected chi connectivity index (χ1v) is 10.1. The van der Waals surface area contributed by atoms with E-state index in [1.165, 1.54) is 23.4 Å². The number of hydrogen-bond acceptors (Lipinski definition) is 6. The molecule has 0 aliphatic rings. The van der Waals surface area contributed by atoms with Crippen molar-refractivity contribution in [2.75, 3.05) is 12.9 Å². The van der Waals surface area contributed by atoms with E-state index in [1.54, 1.807) is 14.2 Å². The summed E-state index contributed by atoms with van der Waals surface area (Å²) in [6.07, 6.45) is 1.00. The Balaban J connectivity index is 2.23. The third kappa shape index (κ3) is 3.82. The number of thioether (sulfide) groups is 1. The minimum absolute atomic E-state index is 0.348. The molecule has 2 aromatic heterocycles.